The highest BCUT2D eigenvalue weighted by molar-refractivity contribution is 5.36. The maximum atomic E-state index is 4.54. The van der Waals surface area contributed by atoms with Crippen molar-refractivity contribution in [2.75, 3.05) is 13.1 Å². The quantitative estimate of drug-likeness (QED) is 0.681. The van der Waals surface area contributed by atoms with Crippen molar-refractivity contribution in [2.45, 2.75) is 37.4 Å². The lowest BCUT2D eigenvalue weighted by Gasteiger charge is -2.54. The van der Waals surface area contributed by atoms with Gasteiger partial charge in [-0.05, 0) is 55.1 Å². The van der Waals surface area contributed by atoms with E-state index in [9.17, 15) is 0 Å². The zero-order valence-corrected chi connectivity index (χ0v) is 16.8. The maximum absolute atomic E-state index is 4.54. The van der Waals surface area contributed by atoms with Crippen molar-refractivity contribution in [1.29, 1.82) is 0 Å². The zero-order valence-electron chi connectivity index (χ0n) is 16.8. The molecular weight excluding hydrogens is 354 g/mol. The van der Waals surface area contributed by atoms with Gasteiger partial charge in [0.25, 0.3) is 0 Å². The monoisotopic (exact) mass is 383 g/mol. The number of pyridine rings is 1. The fraction of sp³-hybridized carbons (Fsp3) is 0.346. The van der Waals surface area contributed by atoms with Crippen LogP contribution in [0.3, 0.4) is 0 Å². The van der Waals surface area contributed by atoms with Crippen LogP contribution in [-0.4, -0.2) is 35.1 Å². The van der Waals surface area contributed by atoms with Crippen LogP contribution < -0.4 is 5.32 Å². The second-order valence-electron chi connectivity index (χ2n) is 8.39. The van der Waals surface area contributed by atoms with Crippen LogP contribution in [0.2, 0.25) is 0 Å². The van der Waals surface area contributed by atoms with E-state index < -0.39 is 0 Å². The standard InChI is InChI=1S/C26H29N3/c1-3-9-20(10-4-1)24(21-11-5-2-6-12-21)26-25(22-14-17-29(26)18-15-22)28-19-23-13-7-8-16-27-23/h1-13,16,22,24-26,28H,14-15,17-19H2/t25-,26+/m1/s1. The van der Waals surface area contributed by atoms with Crippen LogP contribution in [0.5, 0.6) is 0 Å². The minimum atomic E-state index is 0.377. The van der Waals surface area contributed by atoms with Crippen molar-refractivity contribution >= 4 is 0 Å². The van der Waals surface area contributed by atoms with Crippen molar-refractivity contribution in [3.8, 4) is 0 Å². The number of fused-ring (bicyclic) bond motifs is 3. The van der Waals surface area contributed by atoms with E-state index >= 15 is 0 Å². The van der Waals surface area contributed by atoms with E-state index in [2.05, 4.69) is 88.0 Å². The minimum Gasteiger partial charge on any atom is -0.306 e. The summed E-state index contributed by atoms with van der Waals surface area (Å²) in [6.45, 7) is 3.27. The number of hydrogen-bond donors (Lipinski definition) is 1. The second kappa shape index (κ2) is 8.48. The molecule has 3 aromatic rings. The third-order valence-corrected chi connectivity index (χ3v) is 6.78. The molecule has 1 aromatic heterocycles. The first-order chi connectivity index (χ1) is 14.4. The van der Waals surface area contributed by atoms with Gasteiger partial charge in [-0.25, -0.2) is 0 Å². The Balaban J connectivity index is 1.50. The Kier molecular flexibility index (Phi) is 5.42. The van der Waals surface area contributed by atoms with Crippen LogP contribution in [-0.2, 0) is 6.54 Å². The van der Waals surface area contributed by atoms with Gasteiger partial charge in [0, 0.05) is 30.7 Å². The highest BCUT2D eigenvalue weighted by Crippen LogP contribution is 2.42. The molecule has 3 aliphatic heterocycles. The molecule has 3 aliphatic rings. The summed E-state index contributed by atoms with van der Waals surface area (Å²) < 4.78 is 0. The van der Waals surface area contributed by atoms with Gasteiger partial charge in [-0.3, -0.25) is 9.88 Å². The fourth-order valence-electron chi connectivity index (χ4n) is 5.42. The first-order valence-electron chi connectivity index (χ1n) is 10.9. The maximum Gasteiger partial charge on any atom is 0.0541 e. The normalized spacial score (nSPS) is 26.0. The van der Waals surface area contributed by atoms with E-state index in [-0.39, 0.29) is 0 Å². The summed E-state index contributed by atoms with van der Waals surface area (Å²) in [6, 6.07) is 29.3. The van der Waals surface area contributed by atoms with Gasteiger partial charge in [0.2, 0.25) is 0 Å². The molecule has 0 spiro atoms. The van der Waals surface area contributed by atoms with Gasteiger partial charge in [0.1, 0.15) is 0 Å². The smallest absolute Gasteiger partial charge is 0.0541 e. The van der Waals surface area contributed by atoms with Crippen molar-refractivity contribution < 1.29 is 0 Å². The summed E-state index contributed by atoms with van der Waals surface area (Å²) >= 11 is 0. The molecule has 0 radical (unpaired) electrons. The van der Waals surface area contributed by atoms with E-state index in [4.69, 9.17) is 0 Å². The topological polar surface area (TPSA) is 28.2 Å². The number of piperidine rings is 3. The Hall–Kier alpha value is -2.49. The van der Waals surface area contributed by atoms with Gasteiger partial charge in [-0.15, -0.1) is 0 Å². The number of aromatic nitrogens is 1. The minimum absolute atomic E-state index is 0.377. The van der Waals surface area contributed by atoms with Crippen LogP contribution in [0, 0.1) is 5.92 Å². The number of benzene rings is 2. The van der Waals surface area contributed by atoms with Crippen LogP contribution in [0.15, 0.2) is 85.1 Å². The van der Waals surface area contributed by atoms with Crippen LogP contribution in [0.25, 0.3) is 0 Å². The zero-order chi connectivity index (χ0) is 19.5. The predicted octanol–water partition coefficient (Wildman–Crippen LogP) is 4.47. The summed E-state index contributed by atoms with van der Waals surface area (Å²) in [5.41, 5.74) is 3.96. The van der Waals surface area contributed by atoms with E-state index in [0.717, 1.165) is 18.2 Å². The molecule has 4 heterocycles. The number of hydrogen-bond acceptors (Lipinski definition) is 3. The Morgan fingerprint density at radius 2 is 1.45 bits per heavy atom. The Morgan fingerprint density at radius 1 is 0.828 bits per heavy atom. The Morgan fingerprint density at radius 3 is 2.03 bits per heavy atom. The highest BCUT2D eigenvalue weighted by atomic mass is 15.2. The third kappa shape index (κ3) is 3.85. The predicted molar refractivity (Wildman–Crippen MR) is 118 cm³/mol. The van der Waals surface area contributed by atoms with Gasteiger partial charge >= 0.3 is 0 Å². The molecule has 2 atom stereocenters. The Bertz CT molecular complexity index is 850. The number of nitrogens with one attached hydrogen (secondary N) is 1. The molecule has 6 rings (SSSR count). The molecule has 3 saturated heterocycles. The van der Waals surface area contributed by atoms with Crippen molar-refractivity contribution in [2.24, 2.45) is 5.92 Å². The molecule has 3 nitrogen and oxygen atoms in total. The summed E-state index contributed by atoms with van der Waals surface area (Å²) in [5, 5.41) is 3.94. The molecule has 0 unspecified atom stereocenters. The lowest BCUT2D eigenvalue weighted by molar-refractivity contribution is 0.00456. The molecule has 3 fully saturated rings. The van der Waals surface area contributed by atoms with Crippen LogP contribution in [0.4, 0.5) is 0 Å². The molecule has 2 aromatic carbocycles. The molecule has 0 aliphatic carbocycles. The Labute approximate surface area is 173 Å². The van der Waals surface area contributed by atoms with Crippen molar-refractivity contribution in [3.05, 3.63) is 102 Å². The fourth-order valence-corrected chi connectivity index (χ4v) is 5.42. The van der Waals surface area contributed by atoms with Gasteiger partial charge < -0.3 is 5.32 Å². The number of nitrogens with zero attached hydrogens (tertiary/aromatic N) is 2. The molecule has 148 valence electrons. The SMILES string of the molecule is c1ccc(C(c2ccccc2)[C@H]2[C@H](NCc3ccccn3)C3CCN2CC3)cc1. The van der Waals surface area contributed by atoms with Crippen molar-refractivity contribution in [3.63, 3.8) is 0 Å². The van der Waals surface area contributed by atoms with Gasteiger partial charge in [-0.1, -0.05) is 66.7 Å². The van der Waals surface area contributed by atoms with Gasteiger partial charge in [0.05, 0.1) is 5.69 Å². The molecule has 2 bridgehead atoms. The van der Waals surface area contributed by atoms with Crippen LogP contribution in [0.1, 0.15) is 35.6 Å². The highest BCUT2D eigenvalue weighted by Gasteiger charge is 2.46. The lowest BCUT2D eigenvalue weighted by atomic mass is 9.70. The average Bonchev–Trinajstić information content (AvgIpc) is 2.81. The summed E-state index contributed by atoms with van der Waals surface area (Å²) in [6.07, 6.45) is 4.49. The molecule has 0 amide bonds. The lowest BCUT2D eigenvalue weighted by Crippen LogP contribution is -2.64. The molecule has 0 saturated carbocycles. The molecular formula is C26H29N3. The average molecular weight is 384 g/mol. The summed E-state index contributed by atoms with van der Waals surface area (Å²) in [7, 11) is 0. The van der Waals surface area contributed by atoms with E-state index in [1.54, 1.807) is 0 Å². The first kappa shape index (κ1) is 18.5. The van der Waals surface area contributed by atoms with E-state index in [1.165, 1.54) is 37.1 Å². The van der Waals surface area contributed by atoms with E-state index in [0.29, 0.717) is 18.0 Å². The number of rotatable bonds is 6. The van der Waals surface area contributed by atoms with E-state index in [1.807, 2.05) is 12.3 Å². The van der Waals surface area contributed by atoms with Gasteiger partial charge in [-0.2, -0.15) is 0 Å². The first-order valence-corrected chi connectivity index (χ1v) is 10.9. The summed E-state index contributed by atoms with van der Waals surface area (Å²) in [4.78, 5) is 7.27. The van der Waals surface area contributed by atoms with Crippen LogP contribution >= 0.6 is 0 Å². The molecule has 3 heteroatoms. The van der Waals surface area contributed by atoms with Gasteiger partial charge in [0.15, 0.2) is 0 Å². The third-order valence-electron chi connectivity index (χ3n) is 6.78. The second-order valence-corrected chi connectivity index (χ2v) is 8.39. The van der Waals surface area contributed by atoms with Crippen molar-refractivity contribution in [1.82, 2.24) is 15.2 Å². The summed E-state index contributed by atoms with van der Waals surface area (Å²) in [5.74, 6) is 1.12. The molecule has 29 heavy (non-hydrogen) atoms. The molecule has 1 N–H and O–H groups in total. The largest absolute Gasteiger partial charge is 0.306 e.